The van der Waals surface area contributed by atoms with Crippen molar-refractivity contribution < 1.29 is 22.0 Å². The third-order valence-corrected chi connectivity index (χ3v) is 6.21. The van der Waals surface area contributed by atoms with Gasteiger partial charge in [-0.15, -0.1) is 0 Å². The van der Waals surface area contributed by atoms with E-state index in [9.17, 15) is 17.6 Å². The first-order chi connectivity index (χ1) is 13.7. The van der Waals surface area contributed by atoms with Crippen LogP contribution < -0.4 is 9.62 Å². The number of H-pyrrole nitrogens is 1. The van der Waals surface area contributed by atoms with Gasteiger partial charge in [0.1, 0.15) is 16.0 Å². The highest BCUT2D eigenvalue weighted by Gasteiger charge is 2.38. The number of nitrogens with one attached hydrogen (secondary N) is 2. The lowest BCUT2D eigenvalue weighted by Gasteiger charge is -2.23. The van der Waals surface area contributed by atoms with E-state index in [2.05, 4.69) is 36.4 Å². The first-order valence-corrected chi connectivity index (χ1v) is 11.1. The molecule has 1 saturated carbocycles. The molecule has 3 aromatic rings. The Balaban J connectivity index is 1.71. The van der Waals surface area contributed by atoms with Crippen molar-refractivity contribution in [1.29, 1.82) is 0 Å². The Labute approximate surface area is 172 Å². The number of carbonyl (C=O) groups excluding carboxylic acids is 1. The lowest BCUT2D eigenvalue weighted by molar-refractivity contribution is 0.101. The van der Waals surface area contributed by atoms with Crippen LogP contribution in [0.3, 0.4) is 0 Å². The molecule has 0 unspecified atom stereocenters. The third-order valence-electron chi connectivity index (χ3n) is 4.40. The van der Waals surface area contributed by atoms with E-state index in [-0.39, 0.29) is 11.4 Å². The van der Waals surface area contributed by atoms with Gasteiger partial charge in [-0.25, -0.2) is 22.2 Å². The Bertz CT molecular complexity index is 1240. The maximum absolute atomic E-state index is 15.1. The summed E-state index contributed by atoms with van der Waals surface area (Å²) in [6.07, 6.45) is 3.38. The minimum absolute atomic E-state index is 0.191. The highest BCUT2D eigenvalue weighted by Crippen LogP contribution is 2.36. The van der Waals surface area contributed by atoms with Gasteiger partial charge in [-0.1, -0.05) is 0 Å². The Morgan fingerprint density at radius 1 is 1.34 bits per heavy atom. The molecular formula is C17H14BrF2N5O3S. The topological polar surface area (TPSA) is 108 Å². The molecular weight excluding hydrogens is 472 g/mol. The van der Waals surface area contributed by atoms with Crippen LogP contribution in [-0.2, 0) is 10.0 Å². The Hall–Kier alpha value is -2.60. The molecule has 2 aromatic heterocycles. The van der Waals surface area contributed by atoms with Crippen molar-refractivity contribution in [2.45, 2.75) is 18.9 Å². The molecule has 1 aliphatic carbocycles. The lowest BCUT2D eigenvalue weighted by Crippen LogP contribution is -2.33. The molecule has 0 atom stereocenters. The van der Waals surface area contributed by atoms with E-state index < -0.39 is 39.2 Å². The van der Waals surface area contributed by atoms with Gasteiger partial charge in [0, 0.05) is 6.04 Å². The fourth-order valence-electron chi connectivity index (χ4n) is 3.01. The summed E-state index contributed by atoms with van der Waals surface area (Å²) in [7, 11) is -3.80. The molecule has 0 aliphatic heterocycles. The summed E-state index contributed by atoms with van der Waals surface area (Å²) in [5.41, 5.74) is -0.575. The van der Waals surface area contributed by atoms with Crippen molar-refractivity contribution in [2.75, 3.05) is 15.9 Å². The SMILES string of the molecule is CS(=O)(=O)N(c1ccc(F)c(C(=O)Nc2cnc3[nH]nc(Br)c3c2)c1F)C1CC1. The average molecular weight is 486 g/mol. The number of fused-ring (bicyclic) bond motifs is 1. The number of aromatic nitrogens is 3. The molecule has 1 aromatic carbocycles. The number of halogens is 3. The standard InChI is InChI=1S/C17H14BrF2N5O3S/c1-29(27,28)25(9-2-3-9)12-5-4-11(19)13(14(12)20)17(26)22-8-6-10-15(18)23-24-16(10)21-7-8/h4-7,9H,2-3H2,1H3,(H,22,26)(H,21,23,24). The van der Waals surface area contributed by atoms with E-state index in [0.29, 0.717) is 28.5 Å². The fourth-order valence-corrected chi connectivity index (χ4v) is 4.65. The van der Waals surface area contributed by atoms with Crippen LogP contribution in [-0.4, -0.2) is 41.8 Å². The van der Waals surface area contributed by atoms with E-state index >= 15 is 4.39 Å². The largest absolute Gasteiger partial charge is 0.320 e. The number of rotatable bonds is 5. The summed E-state index contributed by atoms with van der Waals surface area (Å²) in [6.45, 7) is 0. The number of benzene rings is 1. The molecule has 0 saturated heterocycles. The predicted octanol–water partition coefficient (Wildman–Crippen LogP) is 3.18. The molecule has 4 rings (SSSR count). The molecule has 0 bridgehead atoms. The zero-order chi connectivity index (χ0) is 20.9. The van der Waals surface area contributed by atoms with Crippen LogP contribution in [0.15, 0.2) is 29.0 Å². The van der Waals surface area contributed by atoms with E-state index in [1.165, 1.54) is 12.3 Å². The molecule has 8 nitrogen and oxygen atoms in total. The molecule has 12 heteroatoms. The number of amides is 1. The zero-order valence-electron chi connectivity index (χ0n) is 14.9. The average Bonchev–Trinajstić information content (AvgIpc) is 3.39. The maximum Gasteiger partial charge on any atom is 0.261 e. The van der Waals surface area contributed by atoms with Crippen LogP contribution in [0, 0.1) is 11.6 Å². The number of hydrogen-bond acceptors (Lipinski definition) is 5. The number of nitrogens with zero attached hydrogens (tertiary/aromatic N) is 3. The van der Waals surface area contributed by atoms with Gasteiger partial charge in [0.25, 0.3) is 5.91 Å². The minimum Gasteiger partial charge on any atom is -0.320 e. The van der Waals surface area contributed by atoms with E-state index in [4.69, 9.17) is 0 Å². The first-order valence-electron chi connectivity index (χ1n) is 8.45. The zero-order valence-corrected chi connectivity index (χ0v) is 17.3. The van der Waals surface area contributed by atoms with Crippen LogP contribution in [0.2, 0.25) is 0 Å². The van der Waals surface area contributed by atoms with Crippen LogP contribution in [0.25, 0.3) is 11.0 Å². The monoisotopic (exact) mass is 485 g/mol. The summed E-state index contributed by atoms with van der Waals surface area (Å²) in [6, 6.07) is 3.03. The minimum atomic E-state index is -3.80. The number of pyridine rings is 1. The molecule has 152 valence electrons. The number of hydrogen-bond donors (Lipinski definition) is 2. The second kappa shape index (κ2) is 7.02. The summed E-state index contributed by atoms with van der Waals surface area (Å²) < 4.78 is 55.0. The second-order valence-corrected chi connectivity index (χ2v) is 9.24. The van der Waals surface area contributed by atoms with Crippen molar-refractivity contribution in [3.8, 4) is 0 Å². The highest BCUT2D eigenvalue weighted by atomic mass is 79.9. The molecule has 2 heterocycles. The normalized spacial score (nSPS) is 14.2. The van der Waals surface area contributed by atoms with Crippen LogP contribution in [0.1, 0.15) is 23.2 Å². The van der Waals surface area contributed by atoms with Gasteiger partial charge in [-0.3, -0.25) is 14.2 Å². The molecule has 1 aliphatic rings. The molecule has 0 radical (unpaired) electrons. The van der Waals surface area contributed by atoms with E-state index in [0.717, 1.165) is 22.7 Å². The van der Waals surface area contributed by atoms with Gasteiger partial charge in [0.2, 0.25) is 10.0 Å². The molecule has 1 amide bonds. The van der Waals surface area contributed by atoms with Crippen molar-refractivity contribution in [1.82, 2.24) is 15.2 Å². The molecule has 0 spiro atoms. The van der Waals surface area contributed by atoms with Gasteiger partial charge in [0.15, 0.2) is 11.5 Å². The number of aromatic amines is 1. The van der Waals surface area contributed by atoms with E-state index in [1.807, 2.05) is 0 Å². The predicted molar refractivity (Wildman–Crippen MR) is 106 cm³/mol. The van der Waals surface area contributed by atoms with Gasteiger partial charge >= 0.3 is 0 Å². The lowest BCUT2D eigenvalue weighted by atomic mass is 10.1. The van der Waals surface area contributed by atoms with E-state index in [1.54, 1.807) is 0 Å². The van der Waals surface area contributed by atoms with Crippen molar-refractivity contribution in [3.63, 3.8) is 0 Å². The van der Waals surface area contributed by atoms with Crippen molar-refractivity contribution in [2.24, 2.45) is 0 Å². The number of sulfonamides is 1. The van der Waals surface area contributed by atoms with Crippen molar-refractivity contribution >= 4 is 54.3 Å². The number of anilines is 2. The van der Waals surface area contributed by atoms with Crippen LogP contribution >= 0.6 is 15.9 Å². The smallest absolute Gasteiger partial charge is 0.261 e. The van der Waals surface area contributed by atoms with Gasteiger partial charge in [-0.05, 0) is 47.0 Å². The molecule has 1 fully saturated rings. The quantitative estimate of drug-likeness (QED) is 0.576. The molecule has 29 heavy (non-hydrogen) atoms. The molecule has 2 N–H and O–H groups in total. The summed E-state index contributed by atoms with van der Waals surface area (Å²) in [5, 5.41) is 9.53. The first kappa shape index (κ1) is 19.7. The summed E-state index contributed by atoms with van der Waals surface area (Å²) >= 11 is 3.22. The maximum atomic E-state index is 15.1. The third kappa shape index (κ3) is 3.69. The van der Waals surface area contributed by atoms with Gasteiger partial charge in [0.05, 0.1) is 29.2 Å². The van der Waals surface area contributed by atoms with Crippen molar-refractivity contribution in [3.05, 3.63) is 46.2 Å². The summed E-state index contributed by atoms with van der Waals surface area (Å²) in [5.74, 6) is -3.41. The second-order valence-electron chi connectivity index (χ2n) is 6.63. The Kier molecular flexibility index (Phi) is 4.77. The highest BCUT2D eigenvalue weighted by molar-refractivity contribution is 9.10. The van der Waals surface area contributed by atoms with Gasteiger partial charge in [-0.2, -0.15) is 5.10 Å². The van der Waals surface area contributed by atoms with Crippen LogP contribution in [0.5, 0.6) is 0 Å². The Morgan fingerprint density at radius 2 is 2.07 bits per heavy atom. The van der Waals surface area contributed by atoms with Gasteiger partial charge < -0.3 is 5.32 Å². The Morgan fingerprint density at radius 3 is 2.72 bits per heavy atom. The summed E-state index contributed by atoms with van der Waals surface area (Å²) in [4.78, 5) is 16.7. The van der Waals surface area contributed by atoms with Crippen LogP contribution in [0.4, 0.5) is 20.2 Å². The fraction of sp³-hybridized carbons (Fsp3) is 0.235. The number of carbonyl (C=O) groups is 1.